The zero-order valence-electron chi connectivity index (χ0n) is 25.9. The largest absolute Gasteiger partial charge is 0.461 e. The number of hydrogen-bond donors (Lipinski definition) is 0. The first-order chi connectivity index (χ1) is 18.0. The van der Waals surface area contributed by atoms with Gasteiger partial charge in [-0.2, -0.15) is 0 Å². The standard InChI is InChI=1S/C37H48O2/c1-14-15-39-31(38)17-28-16-29(21(2)3)30-19-35(11)20-36(12)18-23(6)32(22(4)5)26(9)37(36,13)27(10)34(35)25(8)33(30)24(28)7/h14,16,21H,1,4,8-9,15,17-20H2,2-3,5-7,10-13H3/t35-,36+,37-/m1/s1. The molecule has 0 aliphatic heterocycles. The topological polar surface area (TPSA) is 26.3 Å². The third-order valence-corrected chi connectivity index (χ3v) is 10.5. The number of carbonyl (C=O) groups is 1. The summed E-state index contributed by atoms with van der Waals surface area (Å²) in [5.74, 6) is 0.121. The minimum absolute atomic E-state index is 0.0236. The Morgan fingerprint density at radius 1 is 1.13 bits per heavy atom. The van der Waals surface area contributed by atoms with Gasteiger partial charge in [-0.25, -0.2) is 0 Å². The average molecular weight is 525 g/mol. The molecule has 39 heavy (non-hydrogen) atoms. The lowest BCUT2D eigenvalue weighted by Crippen LogP contribution is -2.52. The van der Waals surface area contributed by atoms with Crippen molar-refractivity contribution in [3.05, 3.63) is 99.7 Å². The van der Waals surface area contributed by atoms with E-state index in [2.05, 4.69) is 81.5 Å². The summed E-state index contributed by atoms with van der Waals surface area (Å²) in [7, 11) is 0. The van der Waals surface area contributed by atoms with Gasteiger partial charge in [-0.1, -0.05) is 89.8 Å². The summed E-state index contributed by atoms with van der Waals surface area (Å²) in [6, 6.07) is 2.26. The third kappa shape index (κ3) is 4.17. The SMILES string of the molecule is C=CCOC(=O)Cc1cc(C(C)C)c2c(c1C)C(=C)C1=C(C)[C@@]3(C)C(=C)C(C(=C)C)=C(C)C[C@@]3(C)C[C@@]1(C)C2. The normalized spacial score (nSPS) is 28.3. The molecule has 0 heterocycles. The molecule has 2 heteroatoms. The Morgan fingerprint density at radius 2 is 1.77 bits per heavy atom. The van der Waals surface area contributed by atoms with Gasteiger partial charge in [0.2, 0.25) is 0 Å². The first-order valence-corrected chi connectivity index (χ1v) is 14.4. The summed E-state index contributed by atoms with van der Waals surface area (Å²) < 4.78 is 5.36. The van der Waals surface area contributed by atoms with E-state index in [1.165, 1.54) is 44.6 Å². The minimum atomic E-state index is -0.219. The third-order valence-electron chi connectivity index (χ3n) is 10.5. The number of carbonyl (C=O) groups excluding carboxylic acids is 1. The van der Waals surface area contributed by atoms with Gasteiger partial charge in [0, 0.05) is 5.41 Å². The summed E-state index contributed by atoms with van der Waals surface area (Å²) in [5, 5.41) is 0. The number of benzene rings is 1. The minimum Gasteiger partial charge on any atom is -0.461 e. The van der Waals surface area contributed by atoms with Gasteiger partial charge < -0.3 is 4.74 Å². The van der Waals surface area contributed by atoms with Crippen LogP contribution in [0.5, 0.6) is 0 Å². The summed E-state index contributed by atoms with van der Waals surface area (Å²) >= 11 is 0. The molecule has 208 valence electrons. The lowest BCUT2D eigenvalue weighted by atomic mass is 9.41. The van der Waals surface area contributed by atoms with E-state index < -0.39 is 0 Å². The summed E-state index contributed by atoms with van der Waals surface area (Å²) in [5.41, 5.74) is 14.9. The Kier molecular flexibility index (Phi) is 7.20. The van der Waals surface area contributed by atoms with Gasteiger partial charge in [0.25, 0.3) is 0 Å². The van der Waals surface area contributed by atoms with Gasteiger partial charge in [0.05, 0.1) is 6.42 Å². The van der Waals surface area contributed by atoms with E-state index >= 15 is 0 Å². The maximum atomic E-state index is 12.6. The molecule has 0 saturated heterocycles. The molecule has 4 rings (SSSR count). The number of ether oxygens (including phenoxy) is 1. The van der Waals surface area contributed by atoms with E-state index in [0.29, 0.717) is 5.92 Å². The van der Waals surface area contributed by atoms with Crippen molar-refractivity contribution in [1.82, 2.24) is 0 Å². The molecule has 1 aromatic rings. The highest BCUT2D eigenvalue weighted by atomic mass is 16.5. The highest BCUT2D eigenvalue weighted by molar-refractivity contribution is 5.88. The molecule has 0 N–H and O–H groups in total. The fraction of sp³-hybridized carbons (Fsp3) is 0.486. The lowest BCUT2D eigenvalue weighted by molar-refractivity contribution is -0.141. The van der Waals surface area contributed by atoms with Crippen LogP contribution >= 0.6 is 0 Å². The van der Waals surface area contributed by atoms with Crippen molar-refractivity contribution >= 4 is 11.5 Å². The highest BCUT2D eigenvalue weighted by Gasteiger charge is 2.59. The second-order valence-corrected chi connectivity index (χ2v) is 13.6. The molecular formula is C37H48O2. The second-order valence-electron chi connectivity index (χ2n) is 13.6. The van der Waals surface area contributed by atoms with Crippen LogP contribution < -0.4 is 0 Å². The molecule has 3 atom stereocenters. The van der Waals surface area contributed by atoms with Gasteiger partial charge in [-0.3, -0.25) is 4.79 Å². The predicted molar refractivity (Wildman–Crippen MR) is 166 cm³/mol. The smallest absolute Gasteiger partial charge is 0.310 e. The molecule has 0 spiro atoms. The summed E-state index contributed by atoms with van der Waals surface area (Å²) in [6.45, 7) is 38.5. The first-order valence-electron chi connectivity index (χ1n) is 14.4. The van der Waals surface area contributed by atoms with Crippen molar-refractivity contribution in [3.63, 3.8) is 0 Å². The van der Waals surface area contributed by atoms with Crippen LogP contribution in [0.1, 0.15) is 102 Å². The van der Waals surface area contributed by atoms with E-state index in [-0.39, 0.29) is 35.2 Å². The van der Waals surface area contributed by atoms with Crippen molar-refractivity contribution < 1.29 is 9.53 Å². The molecule has 0 aromatic heterocycles. The summed E-state index contributed by atoms with van der Waals surface area (Å²) in [4.78, 5) is 12.6. The maximum absolute atomic E-state index is 12.6. The van der Waals surface area contributed by atoms with Crippen LogP contribution in [0.2, 0.25) is 0 Å². The van der Waals surface area contributed by atoms with E-state index in [9.17, 15) is 4.79 Å². The van der Waals surface area contributed by atoms with Gasteiger partial charge in [-0.15, -0.1) is 0 Å². The lowest BCUT2D eigenvalue weighted by Gasteiger charge is -2.62. The van der Waals surface area contributed by atoms with Crippen LogP contribution in [-0.4, -0.2) is 12.6 Å². The molecule has 2 nitrogen and oxygen atoms in total. The van der Waals surface area contributed by atoms with Gasteiger partial charge in [0.15, 0.2) is 0 Å². The number of hydrogen-bond acceptors (Lipinski definition) is 2. The highest BCUT2D eigenvalue weighted by Crippen LogP contribution is 2.70. The predicted octanol–water partition coefficient (Wildman–Crippen LogP) is 9.55. The van der Waals surface area contributed by atoms with Gasteiger partial charge in [0.1, 0.15) is 6.61 Å². The van der Waals surface area contributed by atoms with E-state index in [4.69, 9.17) is 17.9 Å². The fourth-order valence-electron chi connectivity index (χ4n) is 8.74. The molecule has 0 unspecified atom stereocenters. The number of allylic oxidation sites excluding steroid dienone is 7. The molecule has 3 aliphatic rings. The Balaban J connectivity index is 1.96. The molecule has 0 fully saturated rings. The fourth-order valence-corrected chi connectivity index (χ4v) is 8.74. The van der Waals surface area contributed by atoms with E-state index in [1.54, 1.807) is 6.08 Å². The Hall–Kier alpha value is -2.87. The molecule has 0 amide bonds. The van der Waals surface area contributed by atoms with Crippen LogP contribution in [0.25, 0.3) is 5.57 Å². The van der Waals surface area contributed by atoms with Gasteiger partial charge >= 0.3 is 5.97 Å². The molecule has 3 aliphatic carbocycles. The van der Waals surface area contributed by atoms with E-state index in [1.807, 2.05) is 0 Å². The summed E-state index contributed by atoms with van der Waals surface area (Å²) in [6.07, 6.45) is 4.98. The van der Waals surface area contributed by atoms with Crippen LogP contribution in [0.15, 0.2) is 71.9 Å². The number of esters is 1. The van der Waals surface area contributed by atoms with Crippen molar-refractivity contribution in [2.24, 2.45) is 16.2 Å². The van der Waals surface area contributed by atoms with Crippen LogP contribution in [0.3, 0.4) is 0 Å². The monoisotopic (exact) mass is 524 g/mol. The van der Waals surface area contributed by atoms with Crippen LogP contribution in [-0.2, 0) is 22.4 Å². The molecule has 0 bridgehead atoms. The zero-order chi connectivity index (χ0) is 29.2. The van der Waals surface area contributed by atoms with Crippen molar-refractivity contribution in [2.75, 3.05) is 6.61 Å². The second kappa shape index (κ2) is 9.65. The number of rotatable bonds is 6. The maximum Gasteiger partial charge on any atom is 0.310 e. The molecule has 0 saturated carbocycles. The van der Waals surface area contributed by atoms with Crippen LogP contribution in [0, 0.1) is 23.2 Å². The zero-order valence-corrected chi connectivity index (χ0v) is 25.9. The van der Waals surface area contributed by atoms with Gasteiger partial charge in [-0.05, 0) is 114 Å². The Bertz CT molecular complexity index is 1390. The molecular weight excluding hydrogens is 476 g/mol. The first kappa shape index (κ1) is 29.1. The Labute approximate surface area is 237 Å². The average Bonchev–Trinajstić information content (AvgIpc) is 2.81. The van der Waals surface area contributed by atoms with Crippen molar-refractivity contribution in [1.29, 1.82) is 0 Å². The van der Waals surface area contributed by atoms with E-state index in [0.717, 1.165) is 41.5 Å². The molecule has 1 aromatic carbocycles. The van der Waals surface area contributed by atoms with Crippen molar-refractivity contribution in [3.8, 4) is 0 Å². The van der Waals surface area contributed by atoms with Crippen LogP contribution in [0.4, 0.5) is 0 Å². The quantitative estimate of drug-likeness (QED) is 0.273. The molecule has 0 radical (unpaired) electrons. The Morgan fingerprint density at radius 3 is 2.33 bits per heavy atom. The van der Waals surface area contributed by atoms with Crippen molar-refractivity contribution in [2.45, 2.75) is 93.9 Å². The number of fused-ring (bicyclic) bond motifs is 3.